The van der Waals surface area contributed by atoms with Gasteiger partial charge in [0.15, 0.2) is 0 Å². The van der Waals surface area contributed by atoms with Gasteiger partial charge in [-0.2, -0.15) is 0 Å². The van der Waals surface area contributed by atoms with Crippen LogP contribution >= 0.6 is 0 Å². The Morgan fingerprint density at radius 3 is 2.65 bits per heavy atom. The van der Waals surface area contributed by atoms with Crippen LogP contribution in [0.4, 0.5) is 0 Å². The van der Waals surface area contributed by atoms with E-state index in [2.05, 4.69) is 0 Å². The Bertz CT molecular complexity index is 425. The van der Waals surface area contributed by atoms with Crippen LogP contribution in [-0.4, -0.2) is 31.6 Å². The lowest BCUT2D eigenvalue weighted by molar-refractivity contribution is -0.129. The summed E-state index contributed by atoms with van der Waals surface area (Å²) in [5.41, 5.74) is 2.30. The summed E-state index contributed by atoms with van der Waals surface area (Å²) in [5.74, 6) is 1.70. The zero-order chi connectivity index (χ0) is 12.4. The second-order valence-corrected chi connectivity index (χ2v) is 4.16. The van der Waals surface area contributed by atoms with Crippen LogP contribution in [-0.2, 0) is 17.8 Å². The minimum absolute atomic E-state index is 0.105. The van der Waals surface area contributed by atoms with Crippen molar-refractivity contribution in [2.24, 2.45) is 0 Å². The van der Waals surface area contributed by atoms with Gasteiger partial charge in [-0.3, -0.25) is 4.79 Å². The highest BCUT2D eigenvalue weighted by Gasteiger charge is 2.22. The molecule has 0 spiro atoms. The first-order chi connectivity index (χ1) is 8.15. The van der Waals surface area contributed by atoms with Crippen molar-refractivity contribution in [2.75, 3.05) is 20.8 Å². The lowest BCUT2D eigenvalue weighted by Gasteiger charge is -2.29. The van der Waals surface area contributed by atoms with E-state index in [1.54, 1.807) is 21.1 Å². The number of fused-ring (bicyclic) bond motifs is 1. The van der Waals surface area contributed by atoms with E-state index in [1.165, 1.54) is 5.56 Å². The van der Waals surface area contributed by atoms with Gasteiger partial charge >= 0.3 is 0 Å². The topological polar surface area (TPSA) is 38.8 Å². The average Bonchev–Trinajstić information content (AvgIpc) is 2.36. The number of hydrogen-bond acceptors (Lipinski definition) is 3. The first-order valence-corrected chi connectivity index (χ1v) is 5.65. The van der Waals surface area contributed by atoms with Gasteiger partial charge in [0.2, 0.25) is 5.91 Å². The normalized spacial score (nSPS) is 14.2. The Kier molecular flexibility index (Phi) is 3.22. The van der Waals surface area contributed by atoms with Crippen LogP contribution in [0.2, 0.25) is 0 Å². The molecule has 17 heavy (non-hydrogen) atoms. The van der Waals surface area contributed by atoms with Crippen LogP contribution in [0.25, 0.3) is 0 Å². The highest BCUT2D eigenvalue weighted by Crippen LogP contribution is 2.32. The van der Waals surface area contributed by atoms with E-state index in [9.17, 15) is 4.79 Å². The predicted octanol–water partition coefficient (Wildman–Crippen LogP) is 1.61. The molecule has 4 nitrogen and oxygen atoms in total. The molecule has 1 amide bonds. The van der Waals surface area contributed by atoms with E-state index in [0.29, 0.717) is 6.54 Å². The number of methoxy groups -OCH3 is 2. The maximum absolute atomic E-state index is 11.4. The summed E-state index contributed by atoms with van der Waals surface area (Å²) in [6.07, 6.45) is 0.850. The van der Waals surface area contributed by atoms with Gasteiger partial charge in [0.25, 0.3) is 0 Å². The van der Waals surface area contributed by atoms with Gasteiger partial charge in [-0.15, -0.1) is 0 Å². The molecule has 1 aliphatic heterocycles. The van der Waals surface area contributed by atoms with E-state index in [4.69, 9.17) is 9.47 Å². The van der Waals surface area contributed by atoms with E-state index >= 15 is 0 Å². The SMILES string of the molecule is COc1cc2c(c(OC)c1)CN(C(C)=O)CC2. The summed E-state index contributed by atoms with van der Waals surface area (Å²) < 4.78 is 10.6. The van der Waals surface area contributed by atoms with Gasteiger partial charge in [-0.1, -0.05) is 0 Å². The minimum atomic E-state index is 0.105. The number of nitrogens with zero attached hydrogens (tertiary/aromatic N) is 1. The largest absolute Gasteiger partial charge is 0.497 e. The van der Waals surface area contributed by atoms with Gasteiger partial charge < -0.3 is 14.4 Å². The van der Waals surface area contributed by atoms with Crippen molar-refractivity contribution in [2.45, 2.75) is 19.9 Å². The van der Waals surface area contributed by atoms with Crippen LogP contribution in [0.1, 0.15) is 18.1 Å². The maximum atomic E-state index is 11.4. The molecular weight excluding hydrogens is 218 g/mol. The zero-order valence-corrected chi connectivity index (χ0v) is 10.4. The summed E-state index contributed by atoms with van der Waals surface area (Å²) in [5, 5.41) is 0. The monoisotopic (exact) mass is 235 g/mol. The lowest BCUT2D eigenvalue weighted by atomic mass is 9.98. The third kappa shape index (κ3) is 2.20. The van der Waals surface area contributed by atoms with Crippen molar-refractivity contribution in [3.8, 4) is 11.5 Å². The molecule has 2 rings (SSSR count). The third-order valence-electron chi connectivity index (χ3n) is 3.18. The molecule has 1 aromatic carbocycles. The molecule has 92 valence electrons. The van der Waals surface area contributed by atoms with Gasteiger partial charge in [0.05, 0.1) is 14.2 Å². The summed E-state index contributed by atoms with van der Waals surface area (Å²) in [7, 11) is 3.29. The van der Waals surface area contributed by atoms with Gasteiger partial charge in [-0.25, -0.2) is 0 Å². The van der Waals surface area contributed by atoms with E-state index < -0.39 is 0 Å². The molecule has 1 aliphatic rings. The van der Waals surface area contributed by atoms with Gasteiger partial charge in [0.1, 0.15) is 11.5 Å². The first-order valence-electron chi connectivity index (χ1n) is 5.65. The van der Waals surface area contributed by atoms with Crippen LogP contribution in [0.15, 0.2) is 12.1 Å². The van der Waals surface area contributed by atoms with E-state index in [-0.39, 0.29) is 5.91 Å². The summed E-state index contributed by atoms with van der Waals surface area (Å²) in [6.45, 7) is 2.98. The molecular formula is C13H17NO3. The maximum Gasteiger partial charge on any atom is 0.219 e. The molecule has 0 atom stereocenters. The van der Waals surface area contributed by atoms with Crippen LogP contribution < -0.4 is 9.47 Å². The lowest BCUT2D eigenvalue weighted by Crippen LogP contribution is -2.34. The average molecular weight is 235 g/mol. The van der Waals surface area contributed by atoms with Crippen LogP contribution in [0, 0.1) is 0 Å². The molecule has 0 N–H and O–H groups in total. The Morgan fingerprint density at radius 1 is 1.29 bits per heavy atom. The number of amides is 1. The number of carbonyl (C=O) groups excluding carboxylic acids is 1. The molecule has 0 radical (unpaired) electrons. The van der Waals surface area contributed by atoms with Crippen molar-refractivity contribution in [3.05, 3.63) is 23.3 Å². The molecule has 0 fully saturated rings. The molecule has 0 saturated heterocycles. The highest BCUT2D eigenvalue weighted by molar-refractivity contribution is 5.73. The molecule has 4 heteroatoms. The van der Waals surface area contributed by atoms with Gasteiger partial charge in [-0.05, 0) is 18.1 Å². The van der Waals surface area contributed by atoms with Gasteiger partial charge in [0, 0.05) is 31.6 Å². The molecule has 1 aromatic rings. The fourth-order valence-corrected chi connectivity index (χ4v) is 2.17. The second kappa shape index (κ2) is 4.65. The van der Waals surface area contributed by atoms with Crippen molar-refractivity contribution >= 4 is 5.91 Å². The Balaban J connectivity index is 2.39. The molecule has 0 aliphatic carbocycles. The van der Waals surface area contributed by atoms with E-state index in [0.717, 1.165) is 30.0 Å². The van der Waals surface area contributed by atoms with Crippen molar-refractivity contribution in [1.29, 1.82) is 0 Å². The number of carbonyl (C=O) groups is 1. The standard InChI is InChI=1S/C13H17NO3/c1-9(15)14-5-4-10-6-11(16-2)7-13(17-3)12(10)8-14/h6-7H,4-5,8H2,1-3H3. The van der Waals surface area contributed by atoms with Crippen LogP contribution in [0.5, 0.6) is 11.5 Å². The number of rotatable bonds is 2. The molecule has 0 unspecified atom stereocenters. The minimum Gasteiger partial charge on any atom is -0.497 e. The van der Waals surface area contributed by atoms with Crippen LogP contribution in [0.3, 0.4) is 0 Å². The summed E-state index contributed by atoms with van der Waals surface area (Å²) in [4.78, 5) is 13.2. The van der Waals surface area contributed by atoms with Crippen molar-refractivity contribution in [3.63, 3.8) is 0 Å². The molecule has 0 aromatic heterocycles. The zero-order valence-electron chi connectivity index (χ0n) is 10.4. The summed E-state index contributed by atoms with van der Waals surface area (Å²) >= 11 is 0. The van der Waals surface area contributed by atoms with Crippen molar-refractivity contribution in [1.82, 2.24) is 4.90 Å². The Labute approximate surface area is 101 Å². The van der Waals surface area contributed by atoms with E-state index in [1.807, 2.05) is 17.0 Å². The van der Waals surface area contributed by atoms with Crippen molar-refractivity contribution < 1.29 is 14.3 Å². The third-order valence-corrected chi connectivity index (χ3v) is 3.18. The fourth-order valence-electron chi connectivity index (χ4n) is 2.17. The second-order valence-electron chi connectivity index (χ2n) is 4.16. The molecule has 0 bridgehead atoms. The Morgan fingerprint density at radius 2 is 2.06 bits per heavy atom. The Hall–Kier alpha value is -1.71. The number of ether oxygens (including phenoxy) is 2. The first kappa shape index (κ1) is 11.8. The smallest absolute Gasteiger partial charge is 0.219 e. The molecule has 1 heterocycles. The number of hydrogen-bond donors (Lipinski definition) is 0. The summed E-state index contributed by atoms with van der Waals surface area (Å²) in [6, 6.07) is 3.89. The highest BCUT2D eigenvalue weighted by atomic mass is 16.5. The fraction of sp³-hybridized carbons (Fsp3) is 0.462. The quantitative estimate of drug-likeness (QED) is 0.781. The predicted molar refractivity (Wildman–Crippen MR) is 64.3 cm³/mol. The number of benzene rings is 1. The molecule has 0 saturated carbocycles.